The summed E-state index contributed by atoms with van der Waals surface area (Å²) in [4.78, 5) is 16.8. The minimum absolute atomic E-state index is 0.0335. The van der Waals surface area contributed by atoms with Crippen molar-refractivity contribution in [3.63, 3.8) is 0 Å². The molecule has 2 unspecified atom stereocenters. The summed E-state index contributed by atoms with van der Waals surface area (Å²) in [6, 6.07) is 19.5. The topological polar surface area (TPSA) is 119 Å². The molecule has 0 saturated heterocycles. The van der Waals surface area contributed by atoms with Crippen LogP contribution in [0.4, 0.5) is 0 Å². The Labute approximate surface area is 265 Å². The zero-order valence-electron chi connectivity index (χ0n) is 24.9. The molecule has 2 heterocycles. The van der Waals surface area contributed by atoms with Gasteiger partial charge in [0.1, 0.15) is 18.2 Å². The van der Waals surface area contributed by atoms with Gasteiger partial charge in [0.2, 0.25) is 5.82 Å². The lowest BCUT2D eigenvalue weighted by molar-refractivity contribution is 0.0697. The Bertz CT molecular complexity index is 1910. The normalized spacial score (nSPS) is 18.7. The number of carboxylic acid groups (broad SMARTS) is 1. The molecule has 2 aliphatic rings. The lowest BCUT2D eigenvalue weighted by Crippen LogP contribution is -2.20. The zero-order chi connectivity index (χ0) is 30.9. The van der Waals surface area contributed by atoms with Crippen LogP contribution in [0.25, 0.3) is 33.5 Å². The summed E-state index contributed by atoms with van der Waals surface area (Å²) in [5.41, 5.74) is 5.89. The van der Waals surface area contributed by atoms with Crippen molar-refractivity contribution in [3.8, 4) is 22.5 Å². The molecule has 2 aliphatic carbocycles. The minimum atomic E-state index is -0.941. The molecule has 0 spiro atoms. The summed E-state index contributed by atoms with van der Waals surface area (Å²) < 4.78 is 8.80. The Morgan fingerprint density at radius 2 is 1.84 bits per heavy atom. The van der Waals surface area contributed by atoms with Crippen LogP contribution >= 0.6 is 11.6 Å². The van der Waals surface area contributed by atoms with Gasteiger partial charge in [0.25, 0.3) is 0 Å². The number of carbonyl (C=O) groups is 1. The van der Waals surface area contributed by atoms with Gasteiger partial charge in [-0.05, 0) is 89.2 Å². The van der Waals surface area contributed by atoms with Gasteiger partial charge in [-0.2, -0.15) is 5.21 Å². The number of aromatic amines is 1. The molecule has 2 N–H and O–H groups in total. The van der Waals surface area contributed by atoms with Gasteiger partial charge in [0.15, 0.2) is 0 Å². The molecular formula is C35H33ClN6O3. The van der Waals surface area contributed by atoms with Crippen LogP contribution in [0, 0.1) is 5.92 Å². The maximum Gasteiger partial charge on any atom is 0.335 e. The van der Waals surface area contributed by atoms with Gasteiger partial charge in [-0.3, -0.25) is 0 Å². The summed E-state index contributed by atoms with van der Waals surface area (Å²) in [5.74, 6) is 1.50. The van der Waals surface area contributed by atoms with E-state index >= 15 is 0 Å². The van der Waals surface area contributed by atoms with Crippen LogP contribution < -0.4 is 0 Å². The summed E-state index contributed by atoms with van der Waals surface area (Å²) in [7, 11) is 0. The number of hydrogen-bond acceptors (Lipinski definition) is 6. The van der Waals surface area contributed by atoms with Crippen molar-refractivity contribution in [2.45, 2.75) is 57.6 Å². The monoisotopic (exact) mass is 620 g/mol. The van der Waals surface area contributed by atoms with Gasteiger partial charge in [0.05, 0.1) is 16.6 Å². The third-order valence-corrected chi connectivity index (χ3v) is 9.17. The van der Waals surface area contributed by atoms with Gasteiger partial charge in [0, 0.05) is 22.5 Å². The number of carboxylic acids is 1. The Morgan fingerprint density at radius 3 is 2.58 bits per heavy atom. The highest BCUT2D eigenvalue weighted by atomic mass is 35.5. The minimum Gasteiger partial charge on any atom is -0.489 e. The molecule has 5 aromatic rings. The number of nitrogens with one attached hydrogen (secondary N) is 1. The molecule has 228 valence electrons. The molecule has 1 saturated carbocycles. The Balaban J connectivity index is 1.17. The van der Waals surface area contributed by atoms with E-state index in [4.69, 9.17) is 21.3 Å². The fraction of sp³-hybridized carbons (Fsp3) is 0.286. The number of nitrogens with zero attached hydrogens (tertiary/aromatic N) is 5. The van der Waals surface area contributed by atoms with Crippen molar-refractivity contribution in [2.24, 2.45) is 5.92 Å². The number of imidazole rings is 1. The predicted molar refractivity (Wildman–Crippen MR) is 173 cm³/mol. The summed E-state index contributed by atoms with van der Waals surface area (Å²) in [6.07, 6.45) is 12.2. The van der Waals surface area contributed by atoms with Crippen LogP contribution in [0.2, 0.25) is 5.02 Å². The van der Waals surface area contributed by atoms with E-state index in [1.165, 1.54) is 19.3 Å². The second-order valence-electron chi connectivity index (χ2n) is 11.9. The molecule has 7 rings (SSSR count). The quantitative estimate of drug-likeness (QED) is 0.180. The molecule has 0 amide bonds. The van der Waals surface area contributed by atoms with Crippen LogP contribution in [-0.4, -0.2) is 41.3 Å². The maximum absolute atomic E-state index is 11.7. The van der Waals surface area contributed by atoms with E-state index < -0.39 is 5.97 Å². The number of fused-ring (bicyclic) bond motifs is 1. The number of ether oxygens (including phenoxy) is 1. The molecule has 0 radical (unpaired) electrons. The van der Waals surface area contributed by atoms with E-state index in [0.717, 1.165) is 57.7 Å². The van der Waals surface area contributed by atoms with E-state index in [0.29, 0.717) is 23.5 Å². The first-order chi connectivity index (χ1) is 21.9. The van der Waals surface area contributed by atoms with Crippen molar-refractivity contribution in [3.05, 3.63) is 107 Å². The van der Waals surface area contributed by atoms with Gasteiger partial charge in [-0.25, -0.2) is 9.78 Å². The third kappa shape index (κ3) is 5.88. The Morgan fingerprint density at radius 1 is 1.04 bits per heavy atom. The number of benzene rings is 3. The molecule has 2 aromatic heterocycles. The SMILES string of the molecule is CC1C=C(OCc2cc(-c3nn[nH]n3)ccc2-c2ccc(Cl)cc2)C=CC1c1nc2cc(C(=O)O)ccc2n1C1CCCCC1. The fourth-order valence-corrected chi connectivity index (χ4v) is 6.75. The van der Waals surface area contributed by atoms with Crippen LogP contribution in [0.15, 0.2) is 84.7 Å². The van der Waals surface area contributed by atoms with Crippen LogP contribution in [-0.2, 0) is 11.3 Å². The van der Waals surface area contributed by atoms with Crippen molar-refractivity contribution < 1.29 is 14.6 Å². The standard InChI is InChI=1S/C35H33ClN6O3/c1-21-17-28(45-20-25-18-23(33-38-40-41-39-33)9-14-30(25)22-7-11-26(36)12-8-22)13-15-29(21)34-37-31-19-24(35(43)44)10-16-32(31)42(34)27-5-3-2-4-6-27/h7-19,21,27,29H,2-6,20H2,1H3,(H,43,44)(H,38,39,40,41). The number of halogens is 1. The van der Waals surface area contributed by atoms with Gasteiger partial charge in [-0.15, -0.1) is 10.2 Å². The first-order valence-electron chi connectivity index (χ1n) is 15.4. The number of H-pyrrole nitrogens is 1. The molecule has 0 aliphatic heterocycles. The second-order valence-corrected chi connectivity index (χ2v) is 12.3. The predicted octanol–water partition coefficient (Wildman–Crippen LogP) is 8.13. The fourth-order valence-electron chi connectivity index (χ4n) is 6.63. The molecular weight excluding hydrogens is 588 g/mol. The molecule has 9 nitrogen and oxygen atoms in total. The number of allylic oxidation sites excluding steroid dienone is 3. The maximum atomic E-state index is 11.7. The van der Waals surface area contributed by atoms with E-state index in [1.54, 1.807) is 12.1 Å². The van der Waals surface area contributed by atoms with Crippen molar-refractivity contribution in [2.75, 3.05) is 0 Å². The molecule has 0 bridgehead atoms. The van der Waals surface area contributed by atoms with E-state index in [9.17, 15) is 9.90 Å². The molecule has 3 aromatic carbocycles. The van der Waals surface area contributed by atoms with E-state index in [-0.39, 0.29) is 17.4 Å². The largest absolute Gasteiger partial charge is 0.489 e. The average Bonchev–Trinajstić information content (AvgIpc) is 3.73. The molecule has 2 atom stereocenters. The lowest BCUT2D eigenvalue weighted by Gasteiger charge is -2.29. The van der Waals surface area contributed by atoms with Crippen LogP contribution in [0.3, 0.4) is 0 Å². The van der Waals surface area contributed by atoms with Crippen molar-refractivity contribution in [1.29, 1.82) is 0 Å². The zero-order valence-corrected chi connectivity index (χ0v) is 25.6. The highest BCUT2D eigenvalue weighted by Crippen LogP contribution is 2.39. The first-order valence-corrected chi connectivity index (χ1v) is 15.7. The van der Waals surface area contributed by atoms with Crippen LogP contribution in [0.5, 0.6) is 0 Å². The summed E-state index contributed by atoms with van der Waals surface area (Å²) >= 11 is 6.16. The average molecular weight is 621 g/mol. The van der Waals surface area contributed by atoms with Gasteiger partial charge in [-0.1, -0.05) is 68.1 Å². The van der Waals surface area contributed by atoms with Gasteiger partial charge < -0.3 is 14.4 Å². The molecule has 10 heteroatoms. The highest BCUT2D eigenvalue weighted by molar-refractivity contribution is 6.30. The van der Waals surface area contributed by atoms with E-state index in [2.05, 4.69) is 44.3 Å². The van der Waals surface area contributed by atoms with Crippen LogP contribution in [0.1, 0.15) is 72.7 Å². The lowest BCUT2D eigenvalue weighted by atomic mass is 9.87. The number of rotatable bonds is 8. The summed E-state index contributed by atoms with van der Waals surface area (Å²) in [5, 5.41) is 24.8. The number of aromatic nitrogens is 6. The number of aromatic carboxylic acids is 1. The van der Waals surface area contributed by atoms with Crippen molar-refractivity contribution in [1.82, 2.24) is 30.2 Å². The van der Waals surface area contributed by atoms with E-state index in [1.807, 2.05) is 54.6 Å². The van der Waals surface area contributed by atoms with Crippen molar-refractivity contribution >= 4 is 28.6 Å². The number of tetrazole rings is 1. The van der Waals surface area contributed by atoms with Gasteiger partial charge >= 0.3 is 5.97 Å². The number of hydrogen-bond donors (Lipinski definition) is 2. The highest BCUT2D eigenvalue weighted by Gasteiger charge is 2.29. The summed E-state index contributed by atoms with van der Waals surface area (Å²) in [6.45, 7) is 2.52. The Kier molecular flexibility index (Phi) is 7.94. The third-order valence-electron chi connectivity index (χ3n) is 8.92. The first kappa shape index (κ1) is 29.0. The molecule has 45 heavy (non-hydrogen) atoms. The second kappa shape index (κ2) is 12.3. The molecule has 1 fully saturated rings. The Hall–Kier alpha value is -4.76. The smallest absolute Gasteiger partial charge is 0.335 e.